The van der Waals surface area contributed by atoms with Crippen LogP contribution in [0.15, 0.2) is 34.1 Å². The van der Waals surface area contributed by atoms with Gasteiger partial charge in [-0.3, -0.25) is 9.11 Å². The number of hydrogen-bond donors (Lipinski definition) is 5. The Morgan fingerprint density at radius 2 is 1.00 bits per heavy atom. The van der Waals surface area contributed by atoms with Crippen molar-refractivity contribution < 1.29 is 175 Å². The van der Waals surface area contributed by atoms with E-state index >= 15 is 0 Å². The van der Waals surface area contributed by atoms with Gasteiger partial charge in [-0.15, -0.1) is 0 Å². The molecule has 0 bridgehead atoms. The molecule has 0 fully saturated rings. The van der Waals surface area contributed by atoms with Crippen molar-refractivity contribution in [3.8, 4) is 0 Å². The molecule has 7 N–H and O–H groups in total. The average molecular weight is 450 g/mol. The van der Waals surface area contributed by atoms with Crippen LogP contribution in [0.4, 0.5) is 0 Å². The molecule has 1 aromatic carbocycles. The molecule has 0 saturated heterocycles. The van der Waals surface area contributed by atoms with Gasteiger partial charge < -0.3 is 25.9 Å². The van der Waals surface area contributed by atoms with Crippen LogP contribution >= 0.6 is 7.82 Å². The number of hydrogen-bond acceptors (Lipinski definition) is 5. The van der Waals surface area contributed by atoms with Gasteiger partial charge in [0.25, 0.3) is 20.2 Å². The molecule has 0 radical (unpaired) electrons. The molecule has 24 heavy (non-hydrogen) atoms. The largest absolute Gasteiger partial charge is 1.00 e. The van der Waals surface area contributed by atoms with E-state index in [-0.39, 0.29) is 129 Å². The molecule has 0 unspecified atom stereocenters. The molecule has 0 spiro atoms. The third kappa shape index (κ3) is 23.1. The van der Waals surface area contributed by atoms with Crippen molar-refractivity contribution in [1.29, 1.82) is 0 Å². The van der Waals surface area contributed by atoms with E-state index in [1.807, 2.05) is 0 Å². The standard InChI is InChI=1S/C6H6O6S2.4Na.H3O4P.H2O.4H/c7-13(8,9)5-2-1-3-6(4-5)14(10,11)12;;;;;1-5(2,3)4;;;;;/h1-4H,(H,7,8,9)(H,10,11,12);;;;;(H3,1,2,3,4);1H2;;;;/q;4*+1;;;4*-1. The molecule has 11 nitrogen and oxygen atoms in total. The predicted octanol–water partition coefficient (Wildman–Crippen LogP) is -13.1. The van der Waals surface area contributed by atoms with Crippen LogP contribution in [-0.4, -0.2) is 46.1 Å². The van der Waals surface area contributed by atoms with Gasteiger partial charge in [0.2, 0.25) is 0 Å². The van der Waals surface area contributed by atoms with E-state index in [1.165, 1.54) is 0 Å². The number of rotatable bonds is 2. The minimum Gasteiger partial charge on any atom is -1.00 e. The first-order valence-electron chi connectivity index (χ1n) is 4.04. The summed E-state index contributed by atoms with van der Waals surface area (Å²) in [5.74, 6) is 0. The van der Waals surface area contributed by atoms with Crippen LogP contribution in [0.1, 0.15) is 5.71 Å². The maximum atomic E-state index is 10.6. The van der Waals surface area contributed by atoms with Gasteiger partial charge in [-0.25, -0.2) is 4.57 Å². The summed E-state index contributed by atoms with van der Waals surface area (Å²) in [5.41, 5.74) is 0. The van der Waals surface area contributed by atoms with Crippen molar-refractivity contribution in [3.63, 3.8) is 0 Å². The molecule has 0 heterocycles. The molecular formula is C6H15Na4O11PS2. The first-order valence-corrected chi connectivity index (χ1v) is 8.49. The Hall–Kier alpha value is 3.11. The van der Waals surface area contributed by atoms with Gasteiger partial charge in [0.15, 0.2) is 0 Å². The molecule has 0 aromatic heterocycles. The van der Waals surface area contributed by atoms with Crippen molar-refractivity contribution in [1.82, 2.24) is 0 Å². The Morgan fingerprint density at radius 1 is 0.792 bits per heavy atom. The maximum Gasteiger partial charge on any atom is 1.00 e. The first-order chi connectivity index (χ1) is 8.21. The number of phosphoric acid groups is 1. The average Bonchev–Trinajstić information content (AvgIpc) is 2.12. The molecule has 0 amide bonds. The molecule has 0 aliphatic heterocycles. The quantitative estimate of drug-likeness (QED) is 0.163. The molecule has 1 rings (SSSR count). The van der Waals surface area contributed by atoms with E-state index in [1.54, 1.807) is 0 Å². The summed E-state index contributed by atoms with van der Waals surface area (Å²) in [5, 5.41) is 0. The van der Waals surface area contributed by atoms with Gasteiger partial charge in [-0.05, 0) is 18.2 Å². The summed E-state index contributed by atoms with van der Waals surface area (Å²) in [4.78, 5) is 20.4. The van der Waals surface area contributed by atoms with E-state index in [9.17, 15) is 16.8 Å². The second-order valence-electron chi connectivity index (χ2n) is 2.94. The van der Waals surface area contributed by atoms with Crippen molar-refractivity contribution in [3.05, 3.63) is 24.3 Å². The van der Waals surface area contributed by atoms with Crippen molar-refractivity contribution >= 4 is 28.1 Å². The second kappa shape index (κ2) is 17.0. The van der Waals surface area contributed by atoms with Crippen molar-refractivity contribution in [2.75, 3.05) is 0 Å². The van der Waals surface area contributed by atoms with Gasteiger partial charge in [0, 0.05) is 0 Å². The Kier molecular flexibility index (Phi) is 29.4. The SMILES string of the molecule is O.O=P(O)(O)O.O=S(=O)(O)c1cccc(S(=O)(=O)O)c1.[H-].[H-].[H-].[H-].[Na+].[Na+].[Na+].[Na+]. The molecule has 18 heteroatoms. The van der Waals surface area contributed by atoms with Gasteiger partial charge in [-0.2, -0.15) is 16.8 Å². The second-order valence-corrected chi connectivity index (χ2v) is 6.81. The van der Waals surface area contributed by atoms with Crippen LogP contribution in [0.3, 0.4) is 0 Å². The van der Waals surface area contributed by atoms with E-state index in [2.05, 4.69) is 0 Å². The van der Waals surface area contributed by atoms with Gasteiger partial charge in [0.05, 0.1) is 9.79 Å². The third-order valence-electron chi connectivity index (χ3n) is 1.40. The zero-order valence-electron chi connectivity index (χ0n) is 17.4. The molecule has 0 saturated carbocycles. The van der Waals surface area contributed by atoms with Gasteiger partial charge in [-0.1, -0.05) is 6.07 Å². The van der Waals surface area contributed by atoms with Crippen LogP contribution in [0.2, 0.25) is 0 Å². The normalized spacial score (nSPS) is 9.88. The number of benzene rings is 1. The molecule has 0 aliphatic rings. The van der Waals surface area contributed by atoms with Crippen LogP contribution in [-0.2, 0) is 24.8 Å². The Bertz CT molecular complexity index is 662. The summed E-state index contributed by atoms with van der Waals surface area (Å²) in [7, 11) is -13.6. The zero-order valence-corrected chi connectivity index (χ0v) is 23.9. The Labute approximate surface area is 233 Å². The zero-order chi connectivity index (χ0) is 15.5. The fourth-order valence-corrected chi connectivity index (χ4v) is 1.92. The van der Waals surface area contributed by atoms with Crippen LogP contribution in [0.5, 0.6) is 0 Å². The topological polar surface area (TPSA) is 218 Å². The Balaban J connectivity index is -0.0000000264. The summed E-state index contributed by atoms with van der Waals surface area (Å²) in [6, 6.07) is 3.75. The van der Waals surface area contributed by atoms with E-state index in [0.29, 0.717) is 6.07 Å². The van der Waals surface area contributed by atoms with Crippen molar-refractivity contribution in [2.45, 2.75) is 9.79 Å². The fraction of sp³-hybridized carbons (Fsp3) is 0. The van der Waals surface area contributed by atoms with Crippen LogP contribution < -0.4 is 118 Å². The minimum absolute atomic E-state index is 0. The minimum atomic E-state index is -4.64. The van der Waals surface area contributed by atoms with E-state index < -0.39 is 37.8 Å². The third-order valence-corrected chi connectivity index (χ3v) is 3.10. The van der Waals surface area contributed by atoms with Crippen LogP contribution in [0.25, 0.3) is 0 Å². The van der Waals surface area contributed by atoms with Crippen molar-refractivity contribution in [2.24, 2.45) is 0 Å². The van der Waals surface area contributed by atoms with E-state index in [0.717, 1.165) is 18.2 Å². The predicted molar refractivity (Wildman–Crippen MR) is 68.4 cm³/mol. The van der Waals surface area contributed by atoms with Gasteiger partial charge >= 0.3 is 126 Å². The Morgan fingerprint density at radius 3 is 1.17 bits per heavy atom. The van der Waals surface area contributed by atoms with Crippen LogP contribution in [0, 0.1) is 0 Å². The monoisotopic (exact) mass is 450 g/mol. The van der Waals surface area contributed by atoms with Gasteiger partial charge in [0.1, 0.15) is 0 Å². The van der Waals surface area contributed by atoms with E-state index in [4.69, 9.17) is 28.4 Å². The molecule has 126 valence electrons. The summed E-state index contributed by atoms with van der Waals surface area (Å²) < 4.78 is 68.4. The summed E-state index contributed by atoms with van der Waals surface area (Å²) in [6.07, 6.45) is 0. The molecule has 0 aliphatic carbocycles. The molecular weight excluding hydrogens is 435 g/mol. The first kappa shape index (κ1) is 41.5. The maximum absolute atomic E-state index is 10.6. The molecule has 1 aromatic rings. The fourth-order valence-electron chi connectivity index (χ4n) is 0.795. The summed E-state index contributed by atoms with van der Waals surface area (Å²) >= 11 is 0. The summed E-state index contributed by atoms with van der Waals surface area (Å²) in [6.45, 7) is 0. The molecule has 0 atom stereocenters. The smallest absolute Gasteiger partial charge is 1.00 e.